The third-order valence-corrected chi connectivity index (χ3v) is 1.44. The average Bonchev–Trinajstić information content (AvgIpc) is 1.90. The van der Waals surface area contributed by atoms with Gasteiger partial charge in [0, 0.05) is 0 Å². The molecule has 0 aliphatic carbocycles. The van der Waals surface area contributed by atoms with Gasteiger partial charge in [-0.15, -0.1) is 37.2 Å². The maximum absolute atomic E-state index is 5.00. The molecule has 0 aliphatic rings. The maximum atomic E-state index is 5.00. The summed E-state index contributed by atoms with van der Waals surface area (Å²) in [7, 11) is 0. The van der Waals surface area contributed by atoms with E-state index in [2.05, 4.69) is 0 Å². The van der Waals surface area contributed by atoms with E-state index in [1.54, 1.807) is 0 Å². The van der Waals surface area contributed by atoms with E-state index in [0.29, 0.717) is 0 Å². The van der Waals surface area contributed by atoms with E-state index in [1.807, 2.05) is 30.3 Å². The second-order valence-corrected chi connectivity index (χ2v) is 1.92. The van der Waals surface area contributed by atoms with Gasteiger partial charge in [-0.25, -0.2) is 0 Å². The van der Waals surface area contributed by atoms with Gasteiger partial charge in [0.25, 0.3) is 0 Å². The predicted octanol–water partition coefficient (Wildman–Crippen LogP) is 2.79. The molecule has 0 atom stereocenters. The van der Waals surface area contributed by atoms with Crippen molar-refractivity contribution in [3.63, 3.8) is 0 Å². The molecule has 0 heterocycles. The van der Waals surface area contributed by atoms with Crippen LogP contribution in [-0.4, -0.2) is 0 Å². The summed E-state index contributed by atoms with van der Waals surface area (Å²) < 4.78 is 5.00. The number of hydrogen-bond donors (Lipinski definition) is 0. The zero-order valence-corrected chi connectivity index (χ0v) is 10.4. The van der Waals surface area contributed by atoms with Gasteiger partial charge in [-0.2, -0.15) is 0 Å². The topological polar surface area (TPSA) is 9.23 Å². The molecule has 0 bridgehead atoms. The van der Waals surface area contributed by atoms with Crippen LogP contribution in [0.25, 0.3) is 0 Å². The first kappa shape index (κ1) is 17.8. The van der Waals surface area contributed by atoms with E-state index in [0.717, 1.165) is 30.9 Å². The van der Waals surface area contributed by atoms with Crippen LogP contribution in [0.5, 0.6) is 5.75 Å². The molecule has 1 aromatic rings. The molecule has 0 radical (unpaired) electrons. The van der Waals surface area contributed by atoms with Crippen LogP contribution in [0.1, 0.15) is 0 Å². The number of hydrogen-bond acceptors (Lipinski definition) is 1. The molecule has 1 rings (SSSR count). The third-order valence-electron chi connectivity index (χ3n) is 0.861. The second kappa shape index (κ2) is 10.8. The summed E-state index contributed by atoms with van der Waals surface area (Å²) in [5, 5.41) is 0. The van der Waals surface area contributed by atoms with Crippen LogP contribution in [0.15, 0.2) is 30.3 Å². The zero-order valence-electron chi connectivity index (χ0n) is 5.52. The average molecular weight is 294 g/mol. The fourth-order valence-electron chi connectivity index (χ4n) is 0.489. The fourth-order valence-corrected chi connectivity index (χ4v) is 0.823. The Kier molecular flexibility index (Phi) is 17.4. The molecule has 1 nitrogen and oxygen atoms in total. The summed E-state index contributed by atoms with van der Waals surface area (Å²) in [5.74, 6) is 0.950. The number of rotatable bonds is 1. The Morgan fingerprint density at radius 2 is 1.36 bits per heavy atom. The van der Waals surface area contributed by atoms with Crippen molar-refractivity contribution in [2.24, 2.45) is 0 Å². The van der Waals surface area contributed by atoms with Gasteiger partial charge in [-0.1, -0.05) is 0 Å². The molecule has 0 unspecified atom stereocenters. The van der Waals surface area contributed by atoms with Crippen LogP contribution < -0.4 is 2.81 Å². The predicted molar refractivity (Wildman–Crippen MR) is 48.8 cm³/mol. The van der Waals surface area contributed by atoms with Gasteiger partial charge in [0.15, 0.2) is 0 Å². The van der Waals surface area contributed by atoms with Crippen molar-refractivity contribution in [3.8, 4) is 5.75 Å². The molecule has 0 amide bonds. The molecule has 0 spiro atoms. The van der Waals surface area contributed by atoms with E-state index in [4.69, 9.17) is 2.81 Å². The summed E-state index contributed by atoms with van der Waals surface area (Å²) in [6.07, 6.45) is 0. The van der Waals surface area contributed by atoms with Crippen molar-refractivity contribution in [3.05, 3.63) is 30.3 Å². The van der Waals surface area contributed by atoms with Crippen LogP contribution in [0.3, 0.4) is 0 Å². The molecule has 0 saturated carbocycles. The van der Waals surface area contributed by atoms with E-state index >= 15 is 0 Å². The van der Waals surface area contributed by atoms with E-state index in [9.17, 15) is 0 Å². The van der Waals surface area contributed by atoms with Crippen LogP contribution in [0.2, 0.25) is 0 Å². The second-order valence-electron chi connectivity index (χ2n) is 1.42. The Labute approximate surface area is 101 Å². The van der Waals surface area contributed by atoms with Crippen molar-refractivity contribution >= 4 is 37.2 Å². The molecule has 1 aromatic carbocycles. The summed E-state index contributed by atoms with van der Waals surface area (Å²) in [4.78, 5) is 0. The van der Waals surface area contributed by atoms with Crippen LogP contribution in [0.4, 0.5) is 0 Å². The van der Waals surface area contributed by atoms with Gasteiger partial charge in [0.05, 0.1) is 0 Å². The Morgan fingerprint density at radius 3 is 1.64 bits per heavy atom. The van der Waals surface area contributed by atoms with Crippen LogP contribution >= 0.6 is 37.2 Å². The first-order valence-corrected chi connectivity index (χ1v) is 3.32. The molecule has 0 aromatic heterocycles. The number of benzene rings is 1. The number of halogens is 3. The summed E-state index contributed by atoms with van der Waals surface area (Å²) >= 11 is 1.09. The molecule has 0 aliphatic heterocycles. The normalized spacial score (nSPS) is 6.09. The SMILES string of the molecule is Cl.Cl.Cl.[Zr][O]c1ccccc1. The zero-order chi connectivity index (χ0) is 5.82. The fraction of sp³-hybridized carbons (Fsp3) is 0. The molecular formula is C6H8Cl3OZr. The Balaban J connectivity index is -0.000000213. The van der Waals surface area contributed by atoms with E-state index < -0.39 is 0 Å². The Morgan fingerprint density at radius 1 is 0.909 bits per heavy atom. The molecule has 63 valence electrons. The Bertz CT molecular complexity index is 159. The van der Waals surface area contributed by atoms with Gasteiger partial charge in [-0.3, -0.25) is 0 Å². The molecule has 0 fully saturated rings. The monoisotopic (exact) mass is 291 g/mol. The first-order valence-electron chi connectivity index (χ1n) is 2.32. The summed E-state index contributed by atoms with van der Waals surface area (Å²) in [6.45, 7) is 0. The van der Waals surface area contributed by atoms with Crippen LogP contribution in [0, 0.1) is 0 Å². The number of para-hydroxylation sites is 1. The van der Waals surface area contributed by atoms with Gasteiger partial charge < -0.3 is 0 Å². The molecule has 5 heteroatoms. The minimum atomic E-state index is 0. The van der Waals surface area contributed by atoms with Gasteiger partial charge >= 0.3 is 64.1 Å². The van der Waals surface area contributed by atoms with Crippen LogP contribution in [-0.2, 0) is 25.2 Å². The van der Waals surface area contributed by atoms with Crippen molar-refractivity contribution in [2.45, 2.75) is 0 Å². The quantitative estimate of drug-likeness (QED) is 0.774. The van der Waals surface area contributed by atoms with Crippen molar-refractivity contribution in [2.75, 3.05) is 0 Å². The third kappa shape index (κ3) is 7.14. The van der Waals surface area contributed by atoms with Crippen molar-refractivity contribution in [1.82, 2.24) is 0 Å². The van der Waals surface area contributed by atoms with Gasteiger partial charge in [0.1, 0.15) is 0 Å². The Hall–Kier alpha value is 0.773. The summed E-state index contributed by atoms with van der Waals surface area (Å²) in [6, 6.07) is 9.76. The van der Waals surface area contributed by atoms with Gasteiger partial charge in [-0.05, 0) is 0 Å². The molecule has 0 N–H and O–H groups in total. The molecular weight excluding hydrogens is 286 g/mol. The molecule has 0 saturated heterocycles. The minimum absolute atomic E-state index is 0. The van der Waals surface area contributed by atoms with E-state index in [-0.39, 0.29) is 37.2 Å². The first-order chi connectivity index (χ1) is 3.93. The van der Waals surface area contributed by atoms with E-state index in [1.165, 1.54) is 0 Å². The molecule has 11 heavy (non-hydrogen) atoms. The standard InChI is InChI=1S/C6H6O.3ClH.Zr/c7-6-4-2-1-3-5-6;;;;/h1-5,7H;3*1H;/q;;;;+1/p-1. The summed E-state index contributed by atoms with van der Waals surface area (Å²) in [5.41, 5.74) is 0. The van der Waals surface area contributed by atoms with Crippen molar-refractivity contribution in [1.29, 1.82) is 0 Å². The van der Waals surface area contributed by atoms with Gasteiger partial charge in [0.2, 0.25) is 0 Å². The van der Waals surface area contributed by atoms with Crippen molar-refractivity contribution < 1.29 is 28.0 Å².